The molecule has 0 aromatic rings. The number of ether oxygens (including phenoxy) is 2. The van der Waals surface area contributed by atoms with Crippen molar-refractivity contribution in [1.82, 2.24) is 0 Å². The molecule has 0 aliphatic rings. The van der Waals surface area contributed by atoms with E-state index < -0.39 is 16.0 Å². The second-order valence-electron chi connectivity index (χ2n) is 3.59. The average molecular weight is 250 g/mol. The number of carbonyl (C=O) groups excluding carboxylic acids is 1. The largest absolute Gasteiger partial charge is 0.468 e. The topological polar surface area (TPSA) is 52.6 Å². The Morgan fingerprint density at radius 3 is 2.50 bits per heavy atom. The van der Waals surface area contributed by atoms with Crippen molar-refractivity contribution in [2.45, 2.75) is 37.9 Å². The fraction of sp³-hybridized carbons (Fsp3) is 0.909. The van der Waals surface area contributed by atoms with Crippen molar-refractivity contribution in [1.29, 1.82) is 0 Å². The Morgan fingerprint density at radius 1 is 1.31 bits per heavy atom. The molecule has 0 spiro atoms. The van der Waals surface area contributed by atoms with Gasteiger partial charge in [-0.1, -0.05) is 19.8 Å². The second-order valence-corrected chi connectivity index (χ2v) is 5.32. The molecule has 0 bridgehead atoms. The van der Waals surface area contributed by atoms with Crippen LogP contribution in [0.4, 0.5) is 0 Å². The summed E-state index contributed by atoms with van der Waals surface area (Å²) in [4.78, 5) is 11.4. The molecule has 0 aromatic carbocycles. The Bertz CT molecular complexity index is 218. The van der Waals surface area contributed by atoms with Gasteiger partial charge in [0, 0.05) is 30.3 Å². The summed E-state index contributed by atoms with van der Waals surface area (Å²) in [5, 5.41) is -0.471. The summed E-state index contributed by atoms with van der Waals surface area (Å²) in [5.74, 6) is 0.140. The third-order valence-electron chi connectivity index (χ3n) is 2.30. The van der Waals surface area contributed by atoms with Crippen LogP contribution in [0.3, 0.4) is 0 Å². The molecular formula is C11H22O4S. The standard InChI is InChI=1S/C11H22O4S/c1-4-5-7-10(11(12)15-3)16(13)9-6-8-14-2/h10H,4-9H2,1-3H3. The van der Waals surface area contributed by atoms with E-state index in [-0.39, 0.29) is 5.97 Å². The number of methoxy groups -OCH3 is 2. The molecule has 0 aromatic heterocycles. The summed E-state index contributed by atoms with van der Waals surface area (Å²) >= 11 is 0. The molecule has 0 heterocycles. The van der Waals surface area contributed by atoms with Crippen molar-refractivity contribution in [2.24, 2.45) is 0 Å². The van der Waals surface area contributed by atoms with Gasteiger partial charge in [0.1, 0.15) is 5.25 Å². The molecule has 96 valence electrons. The quantitative estimate of drug-likeness (QED) is 0.460. The second kappa shape index (κ2) is 9.78. The van der Waals surface area contributed by atoms with Gasteiger partial charge in [-0.3, -0.25) is 9.00 Å². The van der Waals surface area contributed by atoms with Gasteiger partial charge in [-0.15, -0.1) is 0 Å². The molecule has 0 N–H and O–H groups in total. The van der Waals surface area contributed by atoms with Gasteiger partial charge in [-0.25, -0.2) is 0 Å². The Balaban J connectivity index is 4.15. The van der Waals surface area contributed by atoms with Crippen molar-refractivity contribution in [3.8, 4) is 0 Å². The van der Waals surface area contributed by atoms with Gasteiger partial charge < -0.3 is 9.47 Å². The van der Waals surface area contributed by atoms with Crippen LogP contribution in [-0.4, -0.2) is 42.0 Å². The van der Waals surface area contributed by atoms with E-state index in [9.17, 15) is 9.00 Å². The summed E-state index contributed by atoms with van der Waals surface area (Å²) in [6.07, 6.45) is 3.24. The number of carbonyl (C=O) groups is 1. The number of hydrogen-bond acceptors (Lipinski definition) is 4. The van der Waals surface area contributed by atoms with E-state index in [0.717, 1.165) is 12.8 Å². The maximum absolute atomic E-state index is 11.9. The lowest BCUT2D eigenvalue weighted by atomic mass is 10.2. The summed E-state index contributed by atoms with van der Waals surface area (Å²) in [7, 11) is 1.80. The summed E-state index contributed by atoms with van der Waals surface area (Å²) < 4.78 is 21.4. The van der Waals surface area contributed by atoms with E-state index in [1.807, 2.05) is 6.92 Å². The molecule has 4 nitrogen and oxygen atoms in total. The Kier molecular flexibility index (Phi) is 9.52. The number of unbranched alkanes of at least 4 members (excludes halogenated alkanes) is 1. The predicted molar refractivity (Wildman–Crippen MR) is 64.8 cm³/mol. The predicted octanol–water partition coefficient (Wildman–Crippen LogP) is 1.50. The molecule has 0 saturated carbocycles. The molecule has 16 heavy (non-hydrogen) atoms. The average Bonchev–Trinajstić information content (AvgIpc) is 2.29. The maximum Gasteiger partial charge on any atom is 0.321 e. The lowest BCUT2D eigenvalue weighted by Gasteiger charge is -2.13. The van der Waals surface area contributed by atoms with Crippen LogP contribution in [0.25, 0.3) is 0 Å². The van der Waals surface area contributed by atoms with E-state index in [2.05, 4.69) is 4.74 Å². The van der Waals surface area contributed by atoms with E-state index >= 15 is 0 Å². The molecule has 0 amide bonds. The fourth-order valence-electron chi connectivity index (χ4n) is 1.37. The fourth-order valence-corrected chi connectivity index (χ4v) is 2.79. The highest BCUT2D eigenvalue weighted by atomic mass is 32.2. The van der Waals surface area contributed by atoms with Gasteiger partial charge in [0.25, 0.3) is 0 Å². The third kappa shape index (κ3) is 6.23. The van der Waals surface area contributed by atoms with Crippen molar-refractivity contribution in [3.05, 3.63) is 0 Å². The van der Waals surface area contributed by atoms with Crippen molar-refractivity contribution in [3.63, 3.8) is 0 Å². The molecule has 0 rings (SSSR count). The third-order valence-corrected chi connectivity index (χ3v) is 4.05. The zero-order valence-corrected chi connectivity index (χ0v) is 11.2. The SMILES string of the molecule is CCCCC(C(=O)OC)S(=O)CCCOC. The summed E-state index contributed by atoms with van der Waals surface area (Å²) in [6.45, 7) is 2.62. The van der Waals surface area contributed by atoms with Crippen LogP contribution in [-0.2, 0) is 25.1 Å². The van der Waals surface area contributed by atoms with Gasteiger partial charge in [0.05, 0.1) is 7.11 Å². The molecule has 0 saturated heterocycles. The molecule has 5 heteroatoms. The van der Waals surface area contributed by atoms with Crippen LogP contribution >= 0.6 is 0 Å². The van der Waals surface area contributed by atoms with Crippen molar-refractivity contribution >= 4 is 16.8 Å². The van der Waals surface area contributed by atoms with Crippen LogP contribution in [0.2, 0.25) is 0 Å². The van der Waals surface area contributed by atoms with Crippen LogP contribution < -0.4 is 0 Å². The first-order chi connectivity index (χ1) is 7.67. The normalized spacial score (nSPS) is 14.4. The van der Waals surface area contributed by atoms with Gasteiger partial charge in [0.2, 0.25) is 0 Å². The van der Waals surface area contributed by atoms with Crippen LogP contribution in [0.5, 0.6) is 0 Å². The van der Waals surface area contributed by atoms with E-state index in [1.54, 1.807) is 7.11 Å². The molecule has 2 unspecified atom stereocenters. The zero-order valence-electron chi connectivity index (χ0n) is 10.4. The van der Waals surface area contributed by atoms with Gasteiger partial charge in [0.15, 0.2) is 0 Å². The minimum absolute atomic E-state index is 0.357. The van der Waals surface area contributed by atoms with Gasteiger partial charge in [-0.2, -0.15) is 0 Å². The monoisotopic (exact) mass is 250 g/mol. The van der Waals surface area contributed by atoms with Crippen LogP contribution in [0.1, 0.15) is 32.6 Å². The first-order valence-corrected chi connectivity index (χ1v) is 6.99. The minimum atomic E-state index is -1.15. The number of hydrogen-bond donors (Lipinski definition) is 0. The lowest BCUT2D eigenvalue weighted by Crippen LogP contribution is -2.29. The van der Waals surface area contributed by atoms with Crippen molar-refractivity contribution < 1.29 is 18.5 Å². The van der Waals surface area contributed by atoms with E-state index in [0.29, 0.717) is 25.2 Å². The molecule has 2 atom stereocenters. The molecular weight excluding hydrogens is 228 g/mol. The van der Waals surface area contributed by atoms with Crippen LogP contribution in [0.15, 0.2) is 0 Å². The highest BCUT2D eigenvalue weighted by Gasteiger charge is 2.24. The molecule has 0 fully saturated rings. The molecule has 0 radical (unpaired) electrons. The maximum atomic E-state index is 11.9. The Labute approximate surface area is 100 Å². The highest BCUT2D eigenvalue weighted by molar-refractivity contribution is 7.86. The van der Waals surface area contributed by atoms with E-state index in [1.165, 1.54) is 7.11 Å². The van der Waals surface area contributed by atoms with Crippen molar-refractivity contribution in [2.75, 3.05) is 26.6 Å². The smallest absolute Gasteiger partial charge is 0.321 e. The minimum Gasteiger partial charge on any atom is -0.468 e. The number of rotatable bonds is 9. The summed E-state index contributed by atoms with van der Waals surface area (Å²) in [5.41, 5.74) is 0. The first-order valence-electron chi connectivity index (χ1n) is 5.61. The molecule has 0 aliphatic carbocycles. The zero-order chi connectivity index (χ0) is 12.4. The first kappa shape index (κ1) is 15.6. The van der Waals surface area contributed by atoms with Gasteiger partial charge in [-0.05, 0) is 12.8 Å². The molecule has 0 aliphatic heterocycles. The summed E-state index contributed by atoms with van der Waals surface area (Å²) in [6, 6.07) is 0. The Hall–Kier alpha value is -0.420. The van der Waals surface area contributed by atoms with Crippen LogP contribution in [0, 0.1) is 0 Å². The van der Waals surface area contributed by atoms with Gasteiger partial charge >= 0.3 is 5.97 Å². The lowest BCUT2D eigenvalue weighted by molar-refractivity contribution is -0.140. The van der Waals surface area contributed by atoms with E-state index in [4.69, 9.17) is 4.74 Å². The highest BCUT2D eigenvalue weighted by Crippen LogP contribution is 2.10. The number of esters is 1. The Morgan fingerprint density at radius 2 is 2.00 bits per heavy atom.